The minimum absolute atomic E-state index is 0.0183. The lowest BCUT2D eigenvalue weighted by Gasteiger charge is -2.32. The molecule has 0 saturated carbocycles. The van der Waals surface area contributed by atoms with Crippen LogP contribution in [0.4, 0.5) is 5.69 Å². The van der Waals surface area contributed by atoms with Crippen molar-refractivity contribution >= 4 is 34.2 Å². The maximum absolute atomic E-state index is 13.2. The van der Waals surface area contributed by atoms with Crippen molar-refractivity contribution in [2.24, 2.45) is 10.1 Å². The highest BCUT2D eigenvalue weighted by Gasteiger charge is 2.36. The molecule has 3 aromatic rings. The van der Waals surface area contributed by atoms with Crippen LogP contribution in [0.2, 0.25) is 0 Å². The predicted molar refractivity (Wildman–Crippen MR) is 138 cm³/mol. The summed E-state index contributed by atoms with van der Waals surface area (Å²) in [4.78, 5) is 28.8. The average molecular weight is 504 g/mol. The number of amidine groups is 1. The summed E-state index contributed by atoms with van der Waals surface area (Å²) in [5.74, 6) is 1.58. The summed E-state index contributed by atoms with van der Waals surface area (Å²) in [6, 6.07) is 17.2. The van der Waals surface area contributed by atoms with Crippen LogP contribution in [0.3, 0.4) is 0 Å². The minimum atomic E-state index is -0.691. The van der Waals surface area contributed by atoms with Gasteiger partial charge >= 0.3 is 0 Å². The van der Waals surface area contributed by atoms with Gasteiger partial charge in [-0.3, -0.25) is 20.2 Å². The normalized spacial score (nSPS) is 16.5. The largest absolute Gasteiger partial charge is 0.457 e. The van der Waals surface area contributed by atoms with Crippen molar-refractivity contribution in [3.8, 4) is 11.3 Å². The molecular weight excluding hydrogens is 478 g/mol. The fraction of sp³-hybridized carbons (Fsp3) is 0.269. The molecule has 10 heteroatoms. The Bertz CT molecular complexity index is 1460. The summed E-state index contributed by atoms with van der Waals surface area (Å²) < 4.78 is 6.12. The fourth-order valence-corrected chi connectivity index (χ4v) is 5.05. The lowest BCUT2D eigenvalue weighted by molar-refractivity contribution is -0.384. The topological polar surface area (TPSA) is 113 Å². The maximum Gasteiger partial charge on any atom is 0.276 e. The van der Waals surface area contributed by atoms with E-state index < -0.39 is 11.1 Å². The van der Waals surface area contributed by atoms with Crippen molar-refractivity contribution in [3.05, 3.63) is 87.1 Å². The Morgan fingerprint density at radius 1 is 1.11 bits per heavy atom. The highest BCUT2D eigenvalue weighted by Crippen LogP contribution is 2.34. The standard InChI is InChI=1S/C26H25N5O4S/c1-2-3-4-7-15-36-26-28-25(32)23-19-11-5-6-12-20(19)27-24(30(23)29-26)22-14-13-21(35-22)17-9-8-10-18(16-17)31(33)34/h5-6,8-14,16,24H,2-4,7,15H2,1H3,(H,28,29,32)/t24-/m0/s1. The molecule has 1 amide bonds. The van der Waals surface area contributed by atoms with E-state index in [-0.39, 0.29) is 11.6 Å². The van der Waals surface area contributed by atoms with Crippen LogP contribution in [0, 0.1) is 10.1 Å². The van der Waals surface area contributed by atoms with Crippen LogP contribution in [0.1, 0.15) is 44.5 Å². The first-order chi connectivity index (χ1) is 17.5. The molecule has 0 unspecified atom stereocenters. The third-order valence-electron chi connectivity index (χ3n) is 5.97. The number of amides is 1. The van der Waals surface area contributed by atoms with E-state index >= 15 is 0 Å². The van der Waals surface area contributed by atoms with Gasteiger partial charge in [-0.15, -0.1) is 5.10 Å². The second kappa shape index (κ2) is 10.4. The molecule has 1 atom stereocenters. The average Bonchev–Trinajstić information content (AvgIpc) is 3.38. The van der Waals surface area contributed by atoms with E-state index in [9.17, 15) is 14.9 Å². The number of hydrogen-bond acceptors (Lipinski definition) is 8. The van der Waals surface area contributed by atoms with Crippen molar-refractivity contribution < 1.29 is 14.1 Å². The molecule has 0 fully saturated rings. The van der Waals surface area contributed by atoms with Gasteiger partial charge in [0, 0.05) is 28.7 Å². The molecule has 2 aliphatic heterocycles. The summed E-state index contributed by atoms with van der Waals surface area (Å²) in [6.45, 7) is 2.17. The smallest absolute Gasteiger partial charge is 0.276 e. The zero-order valence-electron chi connectivity index (χ0n) is 19.7. The number of nitrogens with zero attached hydrogens (tertiary/aromatic N) is 4. The van der Waals surface area contributed by atoms with Crippen molar-refractivity contribution in [1.29, 1.82) is 0 Å². The number of rotatable bonds is 8. The van der Waals surface area contributed by atoms with E-state index in [0.717, 1.165) is 18.6 Å². The number of unbranched alkanes of at least 4 members (excludes halogenated alkanes) is 3. The highest BCUT2D eigenvalue weighted by atomic mass is 32.2. The van der Waals surface area contributed by atoms with Gasteiger partial charge in [0.25, 0.3) is 11.6 Å². The van der Waals surface area contributed by atoms with Crippen LogP contribution in [-0.4, -0.2) is 26.8 Å². The maximum atomic E-state index is 13.2. The molecule has 3 heterocycles. The molecule has 0 saturated heterocycles. The van der Waals surface area contributed by atoms with E-state index in [0.29, 0.717) is 38.5 Å². The van der Waals surface area contributed by atoms with Gasteiger partial charge in [0.15, 0.2) is 10.9 Å². The van der Waals surface area contributed by atoms with Gasteiger partial charge in [0.2, 0.25) is 6.17 Å². The monoisotopic (exact) mass is 503 g/mol. The zero-order valence-corrected chi connectivity index (χ0v) is 20.5. The number of nitrogens with one attached hydrogen (secondary N) is 1. The molecule has 184 valence electrons. The van der Waals surface area contributed by atoms with Crippen molar-refractivity contribution in [3.63, 3.8) is 0 Å². The number of para-hydroxylation sites is 1. The van der Waals surface area contributed by atoms with Crippen LogP contribution >= 0.6 is 11.8 Å². The fourth-order valence-electron chi connectivity index (χ4n) is 4.20. The number of carbonyl (C=O) groups excluding carboxylic acids is 1. The number of hydrazone groups is 1. The van der Waals surface area contributed by atoms with Gasteiger partial charge in [0.1, 0.15) is 11.5 Å². The van der Waals surface area contributed by atoms with Crippen molar-refractivity contribution in [1.82, 2.24) is 10.3 Å². The highest BCUT2D eigenvalue weighted by molar-refractivity contribution is 8.13. The van der Waals surface area contributed by atoms with Crippen LogP contribution in [-0.2, 0) is 4.79 Å². The van der Waals surface area contributed by atoms with Crippen LogP contribution in [0.5, 0.6) is 0 Å². The zero-order chi connectivity index (χ0) is 25.1. The van der Waals surface area contributed by atoms with Gasteiger partial charge in [-0.25, -0.2) is 10.0 Å². The Balaban J connectivity index is 1.50. The number of nitro benzene ring substituents is 1. The third kappa shape index (κ3) is 4.76. The third-order valence-corrected chi connectivity index (χ3v) is 6.92. The number of nitro groups is 1. The van der Waals surface area contributed by atoms with Gasteiger partial charge in [-0.2, -0.15) is 0 Å². The van der Waals surface area contributed by atoms with Crippen LogP contribution < -0.4 is 15.9 Å². The number of thioether (sulfide) groups is 1. The summed E-state index contributed by atoms with van der Waals surface area (Å²) >= 11 is 1.52. The first-order valence-corrected chi connectivity index (χ1v) is 12.9. The van der Waals surface area contributed by atoms with Gasteiger partial charge in [-0.1, -0.05) is 68.3 Å². The Labute approximate surface area is 211 Å². The lowest BCUT2D eigenvalue weighted by atomic mass is 10.1. The predicted octanol–water partition coefficient (Wildman–Crippen LogP) is 4.31. The second-order valence-corrected chi connectivity index (χ2v) is 9.57. The van der Waals surface area contributed by atoms with Gasteiger partial charge < -0.3 is 4.42 Å². The Hall–Kier alpha value is -3.92. The number of fused-ring (bicyclic) bond motifs is 2. The molecule has 0 spiro atoms. The number of non-ortho nitro benzene ring substituents is 1. The molecule has 36 heavy (non-hydrogen) atoms. The van der Waals surface area contributed by atoms with E-state index in [2.05, 4.69) is 12.2 Å². The Morgan fingerprint density at radius 2 is 1.97 bits per heavy atom. The molecule has 5 rings (SSSR count). The van der Waals surface area contributed by atoms with Gasteiger partial charge in [0.05, 0.1) is 10.3 Å². The molecule has 0 radical (unpaired) electrons. The second-order valence-electron chi connectivity index (χ2n) is 8.49. The molecule has 1 N–H and O–H groups in total. The molecule has 9 nitrogen and oxygen atoms in total. The molecule has 1 aromatic heterocycles. The molecule has 2 aromatic carbocycles. The Morgan fingerprint density at radius 3 is 2.81 bits per heavy atom. The number of furan rings is 1. The van der Waals surface area contributed by atoms with E-state index in [4.69, 9.17) is 14.5 Å². The van der Waals surface area contributed by atoms with Crippen molar-refractivity contribution in [2.75, 3.05) is 5.75 Å². The quantitative estimate of drug-likeness (QED) is 0.278. The van der Waals surface area contributed by atoms with E-state index in [1.165, 1.54) is 36.7 Å². The molecule has 0 aliphatic carbocycles. The molecule has 0 bridgehead atoms. The molecular formula is C26H25N5O4S. The minimum Gasteiger partial charge on any atom is -0.457 e. The number of benzene rings is 2. The Kier molecular flexibility index (Phi) is 6.86. The van der Waals surface area contributed by atoms with E-state index in [1.54, 1.807) is 29.3 Å². The summed E-state index contributed by atoms with van der Waals surface area (Å²) in [6.07, 6.45) is 3.85. The summed E-state index contributed by atoms with van der Waals surface area (Å²) in [5, 5.41) is 22.4. The lowest BCUT2D eigenvalue weighted by Crippen LogP contribution is -2.50. The van der Waals surface area contributed by atoms with Gasteiger partial charge in [-0.05, 0) is 24.6 Å². The summed E-state index contributed by atoms with van der Waals surface area (Å²) in [5.41, 5.74) is 0.976. The number of carbonyl (C=O) groups is 1. The van der Waals surface area contributed by atoms with E-state index in [1.807, 2.05) is 24.3 Å². The number of hydrogen-bond donors (Lipinski definition) is 1. The first-order valence-electron chi connectivity index (χ1n) is 11.9. The van der Waals surface area contributed by atoms with Crippen molar-refractivity contribution in [2.45, 2.75) is 38.8 Å². The summed E-state index contributed by atoms with van der Waals surface area (Å²) in [7, 11) is 0. The first kappa shape index (κ1) is 23.8. The SMILES string of the molecule is CCCCCCSC1=NN2C(=c3ccccc3=N[C@@H]2c2ccc(-c3cccc([N+](=O)[O-])c3)o2)C(=O)N1. The van der Waals surface area contributed by atoms with Crippen LogP contribution in [0.15, 0.2) is 75.2 Å². The van der Waals surface area contributed by atoms with Crippen LogP contribution in [0.25, 0.3) is 17.0 Å². The molecule has 2 aliphatic rings.